The molecule has 0 radical (unpaired) electrons. The van der Waals surface area contributed by atoms with E-state index in [1.165, 1.54) is 93.5 Å². The third-order valence-electron chi connectivity index (χ3n) is 11.1. The zero-order valence-corrected chi connectivity index (χ0v) is 29.5. The fourth-order valence-corrected chi connectivity index (χ4v) is 8.57. The van der Waals surface area contributed by atoms with E-state index in [2.05, 4.69) is 215 Å². The molecular formula is C52H34N2. The van der Waals surface area contributed by atoms with Gasteiger partial charge in [-0.3, -0.25) is 0 Å². The second kappa shape index (κ2) is 12.2. The van der Waals surface area contributed by atoms with Gasteiger partial charge in [-0.25, -0.2) is 0 Å². The second-order valence-corrected chi connectivity index (χ2v) is 14.2. The van der Waals surface area contributed by atoms with Crippen molar-refractivity contribution >= 4 is 54.4 Å². The average Bonchev–Trinajstić information content (AvgIpc) is 3.76. The Labute approximate surface area is 313 Å². The maximum Gasteiger partial charge on any atom is 0.0547 e. The van der Waals surface area contributed by atoms with E-state index in [0.717, 1.165) is 5.69 Å². The van der Waals surface area contributed by atoms with Crippen molar-refractivity contribution in [2.24, 2.45) is 0 Å². The van der Waals surface area contributed by atoms with Crippen LogP contribution >= 0.6 is 0 Å². The van der Waals surface area contributed by atoms with Gasteiger partial charge in [-0.15, -0.1) is 0 Å². The molecule has 0 atom stereocenters. The van der Waals surface area contributed by atoms with Crippen LogP contribution in [0.4, 0.5) is 0 Å². The van der Waals surface area contributed by atoms with E-state index < -0.39 is 0 Å². The van der Waals surface area contributed by atoms with Crippen molar-refractivity contribution in [1.29, 1.82) is 0 Å². The number of rotatable bonds is 5. The van der Waals surface area contributed by atoms with Crippen molar-refractivity contribution in [3.05, 3.63) is 206 Å². The molecule has 11 rings (SSSR count). The molecule has 0 aliphatic rings. The summed E-state index contributed by atoms with van der Waals surface area (Å²) in [5, 5.41) is 7.50. The lowest BCUT2D eigenvalue weighted by molar-refractivity contribution is 1.18. The van der Waals surface area contributed by atoms with Crippen LogP contribution in [0, 0.1) is 0 Å². The van der Waals surface area contributed by atoms with Gasteiger partial charge in [0.05, 0.1) is 27.8 Å². The van der Waals surface area contributed by atoms with E-state index in [1.807, 2.05) is 0 Å². The van der Waals surface area contributed by atoms with Gasteiger partial charge in [0.2, 0.25) is 0 Å². The smallest absolute Gasteiger partial charge is 0.0547 e. The molecule has 2 heteroatoms. The minimum Gasteiger partial charge on any atom is -0.309 e. The fraction of sp³-hybridized carbons (Fsp3) is 0. The topological polar surface area (TPSA) is 9.86 Å². The zero-order chi connectivity index (χ0) is 35.6. The van der Waals surface area contributed by atoms with Crippen molar-refractivity contribution in [2.75, 3.05) is 0 Å². The monoisotopic (exact) mass is 686 g/mol. The first kappa shape index (κ1) is 30.5. The Kier molecular flexibility index (Phi) is 6.90. The van der Waals surface area contributed by atoms with Crippen LogP contribution < -0.4 is 0 Å². The van der Waals surface area contributed by atoms with Crippen molar-refractivity contribution in [3.8, 4) is 44.8 Å². The number of para-hydroxylation sites is 3. The Balaban J connectivity index is 1.09. The van der Waals surface area contributed by atoms with Gasteiger partial charge in [-0.1, -0.05) is 152 Å². The molecule has 0 unspecified atom stereocenters. The van der Waals surface area contributed by atoms with Crippen molar-refractivity contribution in [2.45, 2.75) is 0 Å². The van der Waals surface area contributed by atoms with E-state index in [0.29, 0.717) is 0 Å². The van der Waals surface area contributed by atoms with Gasteiger partial charge in [0.25, 0.3) is 0 Å². The lowest BCUT2D eigenvalue weighted by Crippen LogP contribution is -1.97. The van der Waals surface area contributed by atoms with Gasteiger partial charge in [-0.2, -0.15) is 0 Å². The standard InChI is InChI=1S/C52H34N2/c1-2-13-35(14-3-1)38-17-12-18-42(32-38)53-49-23-10-7-20-44(49)46-29-27-40(34-52(46)53)39-28-30-51-47(33-39)45-21-8-11-24-50(45)54(51)48-22-9-6-19-43(48)41-26-25-36-15-4-5-16-37(36)31-41/h1-34H. The highest BCUT2D eigenvalue weighted by atomic mass is 15.0. The fourth-order valence-electron chi connectivity index (χ4n) is 8.57. The van der Waals surface area contributed by atoms with Crippen molar-refractivity contribution in [1.82, 2.24) is 9.13 Å². The van der Waals surface area contributed by atoms with Crippen LogP contribution in [0.1, 0.15) is 0 Å². The summed E-state index contributed by atoms with van der Waals surface area (Å²) in [6, 6.07) is 75.3. The maximum absolute atomic E-state index is 2.44. The normalized spacial score (nSPS) is 11.7. The summed E-state index contributed by atoms with van der Waals surface area (Å²) in [7, 11) is 0. The SMILES string of the molecule is c1ccc(-c2cccc(-n3c4ccccc4c4ccc(-c5ccc6c(c5)c5ccccc5n6-c5ccccc5-c5ccc6ccccc6c5)cc43)c2)cc1. The first-order valence-electron chi connectivity index (χ1n) is 18.6. The molecule has 9 aromatic carbocycles. The summed E-state index contributed by atoms with van der Waals surface area (Å²) in [6.07, 6.45) is 0. The van der Waals surface area contributed by atoms with E-state index >= 15 is 0 Å². The first-order valence-corrected chi connectivity index (χ1v) is 18.6. The van der Waals surface area contributed by atoms with Crippen molar-refractivity contribution in [3.63, 3.8) is 0 Å². The molecule has 252 valence electrons. The highest BCUT2D eigenvalue weighted by molar-refractivity contribution is 6.13. The molecule has 2 nitrogen and oxygen atoms in total. The molecule has 2 aromatic heterocycles. The number of aromatic nitrogens is 2. The van der Waals surface area contributed by atoms with Crippen LogP contribution in [0.15, 0.2) is 206 Å². The Hall–Kier alpha value is -7.16. The van der Waals surface area contributed by atoms with Crippen LogP contribution in [0.3, 0.4) is 0 Å². The van der Waals surface area contributed by atoms with E-state index in [-0.39, 0.29) is 0 Å². The van der Waals surface area contributed by atoms with Crippen LogP contribution in [-0.2, 0) is 0 Å². The Morgan fingerprint density at radius 1 is 0.259 bits per heavy atom. The molecule has 11 aromatic rings. The van der Waals surface area contributed by atoms with E-state index in [4.69, 9.17) is 0 Å². The summed E-state index contributed by atoms with van der Waals surface area (Å²) in [6.45, 7) is 0. The molecule has 0 aliphatic heterocycles. The molecule has 0 saturated carbocycles. The van der Waals surface area contributed by atoms with Crippen LogP contribution in [-0.4, -0.2) is 9.13 Å². The Morgan fingerprint density at radius 3 is 1.72 bits per heavy atom. The van der Waals surface area contributed by atoms with Crippen molar-refractivity contribution < 1.29 is 0 Å². The number of benzene rings is 9. The number of nitrogens with zero attached hydrogens (tertiary/aromatic N) is 2. The van der Waals surface area contributed by atoms with Gasteiger partial charge in [0.1, 0.15) is 0 Å². The molecule has 0 fully saturated rings. The van der Waals surface area contributed by atoms with Gasteiger partial charge < -0.3 is 9.13 Å². The quantitative estimate of drug-likeness (QED) is 0.171. The minimum absolute atomic E-state index is 1.16. The first-order chi connectivity index (χ1) is 26.8. The molecule has 0 spiro atoms. The molecule has 54 heavy (non-hydrogen) atoms. The summed E-state index contributed by atoms with van der Waals surface area (Å²) >= 11 is 0. The predicted octanol–water partition coefficient (Wildman–Crippen LogP) is 14.0. The van der Waals surface area contributed by atoms with Gasteiger partial charge in [-0.05, 0) is 93.2 Å². The predicted molar refractivity (Wildman–Crippen MR) is 229 cm³/mol. The largest absolute Gasteiger partial charge is 0.309 e. The third kappa shape index (κ3) is 4.81. The van der Waals surface area contributed by atoms with E-state index in [1.54, 1.807) is 0 Å². The van der Waals surface area contributed by atoms with Crippen LogP contribution in [0.25, 0.3) is 99.1 Å². The lowest BCUT2D eigenvalue weighted by Gasteiger charge is -2.15. The van der Waals surface area contributed by atoms with Gasteiger partial charge in [0, 0.05) is 32.8 Å². The molecule has 2 heterocycles. The molecule has 0 N–H and O–H groups in total. The molecule has 0 bridgehead atoms. The molecule has 0 saturated heterocycles. The average molecular weight is 687 g/mol. The Morgan fingerprint density at radius 2 is 0.852 bits per heavy atom. The zero-order valence-electron chi connectivity index (χ0n) is 29.5. The number of hydrogen-bond donors (Lipinski definition) is 0. The van der Waals surface area contributed by atoms with Crippen LogP contribution in [0.2, 0.25) is 0 Å². The Bertz CT molecular complexity index is 3220. The highest BCUT2D eigenvalue weighted by Crippen LogP contribution is 2.40. The summed E-state index contributed by atoms with van der Waals surface area (Å²) in [5.74, 6) is 0. The number of fused-ring (bicyclic) bond motifs is 7. The third-order valence-corrected chi connectivity index (χ3v) is 11.1. The van der Waals surface area contributed by atoms with E-state index in [9.17, 15) is 0 Å². The lowest BCUT2D eigenvalue weighted by atomic mass is 9.99. The molecule has 0 amide bonds. The highest BCUT2D eigenvalue weighted by Gasteiger charge is 2.18. The minimum atomic E-state index is 1.16. The van der Waals surface area contributed by atoms with Gasteiger partial charge in [0.15, 0.2) is 0 Å². The number of hydrogen-bond acceptors (Lipinski definition) is 0. The molecule has 0 aliphatic carbocycles. The summed E-state index contributed by atoms with van der Waals surface area (Å²) in [5.41, 5.74) is 14.4. The summed E-state index contributed by atoms with van der Waals surface area (Å²) < 4.78 is 4.87. The maximum atomic E-state index is 2.44. The molecular weight excluding hydrogens is 653 g/mol. The summed E-state index contributed by atoms with van der Waals surface area (Å²) in [4.78, 5) is 0. The second-order valence-electron chi connectivity index (χ2n) is 14.2. The van der Waals surface area contributed by atoms with Gasteiger partial charge >= 0.3 is 0 Å². The van der Waals surface area contributed by atoms with Crippen LogP contribution in [0.5, 0.6) is 0 Å².